The van der Waals surface area contributed by atoms with Gasteiger partial charge in [0.25, 0.3) is 0 Å². The highest BCUT2D eigenvalue weighted by Gasteiger charge is 2.39. The number of nitrogens with one attached hydrogen (secondary N) is 1. The zero-order valence-electron chi connectivity index (χ0n) is 9.97. The predicted molar refractivity (Wildman–Crippen MR) is 62.9 cm³/mol. The Morgan fingerprint density at radius 3 is 2.78 bits per heavy atom. The van der Waals surface area contributed by atoms with Gasteiger partial charge in [0.2, 0.25) is 11.8 Å². The predicted octanol–water partition coefficient (Wildman–Crippen LogP) is 1.24. The van der Waals surface area contributed by atoms with E-state index in [0.717, 1.165) is 12.8 Å². The van der Waals surface area contributed by atoms with E-state index in [-0.39, 0.29) is 17.7 Å². The van der Waals surface area contributed by atoms with Gasteiger partial charge in [-0.2, -0.15) is 0 Å². The summed E-state index contributed by atoms with van der Waals surface area (Å²) >= 11 is 0. The summed E-state index contributed by atoms with van der Waals surface area (Å²) in [6.45, 7) is 1.98. The number of carboxylic acids is 1. The molecule has 1 amide bonds. The van der Waals surface area contributed by atoms with Crippen molar-refractivity contribution >= 4 is 17.6 Å². The fourth-order valence-electron chi connectivity index (χ4n) is 2.31. The van der Waals surface area contributed by atoms with Crippen LogP contribution in [-0.2, 0) is 4.79 Å². The molecule has 1 atom stereocenters. The second-order valence-electron chi connectivity index (χ2n) is 4.83. The maximum absolute atomic E-state index is 11.6. The maximum atomic E-state index is 11.6. The van der Waals surface area contributed by atoms with Crippen molar-refractivity contribution in [3.05, 3.63) is 11.8 Å². The molecule has 96 valence electrons. The number of anilines is 1. The van der Waals surface area contributed by atoms with Crippen LogP contribution in [0.3, 0.4) is 0 Å². The van der Waals surface area contributed by atoms with Gasteiger partial charge < -0.3 is 19.7 Å². The standard InChI is InChI=1S/C12H14N2O4/c1-6(15)14-5-10(7-2-3-7)18-11-9(14)4-8(13-11)12(16)17/h4,7,10,13H,2-3,5H2,1H3,(H,16,17). The van der Waals surface area contributed by atoms with Crippen LogP contribution in [0.5, 0.6) is 5.88 Å². The molecule has 2 heterocycles. The quantitative estimate of drug-likeness (QED) is 0.827. The van der Waals surface area contributed by atoms with E-state index in [1.807, 2.05) is 0 Å². The summed E-state index contributed by atoms with van der Waals surface area (Å²) in [5.41, 5.74) is 0.569. The fourth-order valence-corrected chi connectivity index (χ4v) is 2.31. The number of rotatable bonds is 2. The van der Waals surface area contributed by atoms with Gasteiger partial charge >= 0.3 is 5.97 Å². The number of carboxylic acid groups (broad SMARTS) is 1. The Bertz CT molecular complexity index is 518. The number of hydrogen-bond donors (Lipinski definition) is 2. The third-order valence-corrected chi connectivity index (χ3v) is 3.44. The number of aromatic carboxylic acids is 1. The van der Waals surface area contributed by atoms with Crippen molar-refractivity contribution in [1.82, 2.24) is 4.98 Å². The van der Waals surface area contributed by atoms with Gasteiger partial charge in [0.15, 0.2) is 0 Å². The van der Waals surface area contributed by atoms with E-state index in [0.29, 0.717) is 24.0 Å². The lowest BCUT2D eigenvalue weighted by Gasteiger charge is -2.32. The Morgan fingerprint density at radius 2 is 2.22 bits per heavy atom. The minimum Gasteiger partial charge on any atom is -0.477 e. The third kappa shape index (κ3) is 1.73. The summed E-state index contributed by atoms with van der Waals surface area (Å²) in [6.07, 6.45) is 2.19. The van der Waals surface area contributed by atoms with Crippen LogP contribution in [0, 0.1) is 5.92 Å². The number of ether oxygens (including phenoxy) is 1. The van der Waals surface area contributed by atoms with Gasteiger partial charge in [-0.15, -0.1) is 0 Å². The molecule has 0 bridgehead atoms. The van der Waals surface area contributed by atoms with Gasteiger partial charge in [-0.1, -0.05) is 0 Å². The Balaban J connectivity index is 1.97. The molecular formula is C12H14N2O4. The van der Waals surface area contributed by atoms with Gasteiger partial charge in [-0.25, -0.2) is 4.79 Å². The lowest BCUT2D eigenvalue weighted by Crippen LogP contribution is -2.43. The highest BCUT2D eigenvalue weighted by molar-refractivity contribution is 5.96. The molecule has 6 nitrogen and oxygen atoms in total. The molecule has 3 rings (SSSR count). The number of amides is 1. The van der Waals surface area contributed by atoms with Crippen molar-refractivity contribution in [3.63, 3.8) is 0 Å². The zero-order valence-corrected chi connectivity index (χ0v) is 9.97. The molecule has 1 aromatic heterocycles. The Labute approximate surface area is 104 Å². The van der Waals surface area contributed by atoms with Crippen LogP contribution in [0.25, 0.3) is 0 Å². The first-order valence-electron chi connectivity index (χ1n) is 5.97. The largest absolute Gasteiger partial charge is 0.477 e. The normalized spacial score (nSPS) is 22.3. The van der Waals surface area contributed by atoms with Crippen molar-refractivity contribution in [2.24, 2.45) is 5.92 Å². The van der Waals surface area contributed by atoms with Gasteiger partial charge in [-0.05, 0) is 24.8 Å². The van der Waals surface area contributed by atoms with Gasteiger partial charge in [-0.3, -0.25) is 4.79 Å². The van der Waals surface area contributed by atoms with E-state index in [1.54, 1.807) is 4.90 Å². The molecule has 2 N–H and O–H groups in total. The van der Waals surface area contributed by atoms with E-state index < -0.39 is 5.97 Å². The molecular weight excluding hydrogens is 236 g/mol. The van der Waals surface area contributed by atoms with Gasteiger partial charge in [0.05, 0.1) is 6.54 Å². The summed E-state index contributed by atoms with van der Waals surface area (Å²) in [5.74, 6) is -0.275. The summed E-state index contributed by atoms with van der Waals surface area (Å²) in [5, 5.41) is 8.96. The molecule has 2 aliphatic rings. The van der Waals surface area contributed by atoms with Crippen LogP contribution in [0.2, 0.25) is 0 Å². The zero-order chi connectivity index (χ0) is 12.9. The maximum Gasteiger partial charge on any atom is 0.352 e. The van der Waals surface area contributed by atoms with Gasteiger partial charge in [0, 0.05) is 6.92 Å². The van der Waals surface area contributed by atoms with Crippen molar-refractivity contribution < 1.29 is 19.4 Å². The molecule has 0 saturated heterocycles. The number of hydrogen-bond acceptors (Lipinski definition) is 3. The monoisotopic (exact) mass is 250 g/mol. The van der Waals surface area contributed by atoms with Crippen molar-refractivity contribution in [2.45, 2.75) is 25.9 Å². The number of fused-ring (bicyclic) bond motifs is 1. The second-order valence-corrected chi connectivity index (χ2v) is 4.83. The Kier molecular flexibility index (Phi) is 2.33. The summed E-state index contributed by atoms with van der Waals surface area (Å²) in [6, 6.07) is 1.45. The first kappa shape index (κ1) is 11.1. The first-order chi connectivity index (χ1) is 8.56. The van der Waals surface area contributed by atoms with Gasteiger partial charge in [0.1, 0.15) is 17.5 Å². The fraction of sp³-hybridized carbons (Fsp3) is 0.500. The van der Waals surface area contributed by atoms with Crippen molar-refractivity contribution in [2.75, 3.05) is 11.4 Å². The minimum absolute atomic E-state index is 0.0262. The van der Waals surface area contributed by atoms with E-state index in [9.17, 15) is 9.59 Å². The molecule has 1 aliphatic carbocycles. The van der Waals surface area contributed by atoms with E-state index in [1.165, 1.54) is 13.0 Å². The molecule has 1 saturated carbocycles. The lowest BCUT2D eigenvalue weighted by molar-refractivity contribution is -0.117. The van der Waals surface area contributed by atoms with Crippen LogP contribution in [-0.4, -0.2) is 34.6 Å². The van der Waals surface area contributed by atoms with E-state index in [2.05, 4.69) is 4.98 Å². The SMILES string of the molecule is CC(=O)N1CC(C2CC2)Oc2[nH]c(C(=O)O)cc21. The van der Waals surface area contributed by atoms with E-state index >= 15 is 0 Å². The van der Waals surface area contributed by atoms with Crippen molar-refractivity contribution in [1.29, 1.82) is 0 Å². The van der Waals surface area contributed by atoms with Crippen LogP contribution in [0.1, 0.15) is 30.3 Å². The summed E-state index contributed by atoms with van der Waals surface area (Å²) in [7, 11) is 0. The number of carbonyl (C=O) groups excluding carboxylic acids is 1. The first-order valence-corrected chi connectivity index (χ1v) is 5.97. The average molecular weight is 250 g/mol. The smallest absolute Gasteiger partial charge is 0.352 e. The van der Waals surface area contributed by atoms with Crippen LogP contribution >= 0.6 is 0 Å². The Hall–Kier alpha value is -1.98. The molecule has 1 fully saturated rings. The molecule has 18 heavy (non-hydrogen) atoms. The molecule has 0 radical (unpaired) electrons. The number of H-pyrrole nitrogens is 1. The van der Waals surface area contributed by atoms with E-state index in [4.69, 9.17) is 9.84 Å². The lowest BCUT2D eigenvalue weighted by atomic mass is 10.2. The number of carbonyl (C=O) groups is 2. The number of aromatic nitrogens is 1. The number of nitrogens with zero attached hydrogens (tertiary/aromatic N) is 1. The second kappa shape index (κ2) is 3.76. The number of aromatic amines is 1. The molecule has 6 heteroatoms. The topological polar surface area (TPSA) is 82.6 Å². The average Bonchev–Trinajstić information content (AvgIpc) is 3.06. The third-order valence-electron chi connectivity index (χ3n) is 3.44. The molecule has 0 aromatic carbocycles. The molecule has 1 aliphatic heterocycles. The van der Waals surface area contributed by atoms with Crippen LogP contribution in [0.15, 0.2) is 6.07 Å². The van der Waals surface area contributed by atoms with Crippen molar-refractivity contribution in [3.8, 4) is 5.88 Å². The minimum atomic E-state index is -1.06. The molecule has 0 spiro atoms. The summed E-state index contributed by atoms with van der Waals surface area (Å²) in [4.78, 5) is 26.9. The Morgan fingerprint density at radius 1 is 1.50 bits per heavy atom. The van der Waals surface area contributed by atoms with Crippen LogP contribution < -0.4 is 9.64 Å². The molecule has 1 unspecified atom stereocenters. The highest BCUT2D eigenvalue weighted by Crippen LogP contribution is 2.41. The highest BCUT2D eigenvalue weighted by atomic mass is 16.5. The summed E-state index contributed by atoms with van der Waals surface area (Å²) < 4.78 is 5.75. The van der Waals surface area contributed by atoms with Crippen LogP contribution in [0.4, 0.5) is 5.69 Å². The molecule has 1 aromatic rings.